The molecule has 0 aliphatic heterocycles. The molecule has 0 atom stereocenters. The minimum absolute atomic E-state index is 0. The molecule has 7 aromatic carbocycles. The second-order valence-corrected chi connectivity index (χ2v) is 14.3. The normalized spacial score (nSPS) is 11.8. The van der Waals surface area contributed by atoms with Crippen LogP contribution in [0, 0.1) is 18.3 Å². The molecule has 0 bridgehead atoms. The van der Waals surface area contributed by atoms with E-state index in [0.717, 1.165) is 56.9 Å². The Labute approximate surface area is 355 Å². The van der Waals surface area contributed by atoms with Gasteiger partial charge in [-0.1, -0.05) is 167 Å². The molecule has 0 unspecified atom stereocenters. The molecule has 0 spiro atoms. The van der Waals surface area contributed by atoms with Gasteiger partial charge in [0.15, 0.2) is 0 Å². The van der Waals surface area contributed by atoms with E-state index in [1.165, 1.54) is 38.5 Å². The fraction of sp³-hybridized carbons (Fsp3) is 0.0385. The van der Waals surface area contributed by atoms with Crippen LogP contribution in [0.3, 0.4) is 0 Å². The smallest absolute Gasteiger partial charge is 0.0774 e. The summed E-state index contributed by atoms with van der Waals surface area (Å²) in [6.07, 6.45) is 2.28. The van der Waals surface area contributed by atoms with Crippen molar-refractivity contribution >= 4 is 32.5 Å². The Kier molecular flexibility index (Phi) is 10.3. The maximum absolute atomic E-state index is 7.23. The molecule has 3 nitrogen and oxygen atoms in total. The van der Waals surface area contributed by atoms with Crippen LogP contribution in [0.1, 0.15) is 20.8 Å². The van der Waals surface area contributed by atoms with Gasteiger partial charge in [-0.25, -0.2) is 0 Å². The van der Waals surface area contributed by atoms with Crippen LogP contribution in [-0.2, 0) is 26.5 Å². The Hall–Kier alpha value is -6.23. The summed E-state index contributed by atoms with van der Waals surface area (Å²) in [6, 6.07) is 67.6. The maximum atomic E-state index is 7.23. The van der Waals surface area contributed by atoms with E-state index in [9.17, 15) is 0 Å². The third-order valence-corrected chi connectivity index (χ3v) is 10.7. The molecular weight excluding hydrogens is 891 g/mol. The summed E-state index contributed by atoms with van der Waals surface area (Å²) in [4.78, 5) is 9.43. The molecule has 1 radical (unpaired) electrons. The molecule has 0 aliphatic rings. The first-order chi connectivity index (χ1) is 28.9. The molecule has 57 heavy (non-hydrogen) atoms. The van der Waals surface area contributed by atoms with Crippen LogP contribution in [-0.4, -0.2) is 14.5 Å². The Morgan fingerprint density at radius 3 is 2.00 bits per heavy atom. The van der Waals surface area contributed by atoms with Crippen LogP contribution in [0.5, 0.6) is 0 Å². The van der Waals surface area contributed by atoms with Crippen LogP contribution in [0.25, 0.3) is 71.7 Å². The summed E-state index contributed by atoms with van der Waals surface area (Å²) < 4.78 is 25.3. The van der Waals surface area contributed by atoms with E-state index >= 15 is 0 Å². The first kappa shape index (κ1) is 34.1. The van der Waals surface area contributed by atoms with Crippen molar-refractivity contribution in [2.75, 3.05) is 0 Å². The van der Waals surface area contributed by atoms with Crippen LogP contribution < -0.4 is 0 Å². The van der Waals surface area contributed by atoms with E-state index in [1.807, 2.05) is 18.2 Å². The Morgan fingerprint density at radius 2 is 1.33 bits per heavy atom. The number of para-hydroxylation sites is 3. The average molecular weight is 931 g/mol. The molecule has 10 aromatic rings. The van der Waals surface area contributed by atoms with Crippen molar-refractivity contribution in [3.05, 3.63) is 222 Å². The topological polar surface area (TPSA) is 30.7 Å². The number of rotatable bonds is 7. The number of aromatic nitrogens is 3. The van der Waals surface area contributed by atoms with Gasteiger partial charge in [-0.2, -0.15) is 0 Å². The van der Waals surface area contributed by atoms with Gasteiger partial charge in [0, 0.05) is 41.5 Å². The quantitative estimate of drug-likeness (QED) is 0.149. The number of pyridine rings is 1. The van der Waals surface area contributed by atoms with Gasteiger partial charge >= 0.3 is 0 Å². The number of thiophene rings is 1. The molecule has 0 saturated heterocycles. The monoisotopic (exact) mass is 931 g/mol. The van der Waals surface area contributed by atoms with E-state index < -0.39 is 6.85 Å². The predicted octanol–water partition coefficient (Wildman–Crippen LogP) is 13.5. The van der Waals surface area contributed by atoms with Gasteiger partial charge in [0.1, 0.15) is 0 Å². The van der Waals surface area contributed by atoms with Crippen molar-refractivity contribution in [3.63, 3.8) is 0 Å². The standard InChI is InChI=1S/C40H27N2S.C12H10N.Ir/c1-4-13-28(14-5-1)25-29-23-24-38-34(26-29)35(27-43-38)40-41-36-21-10-11-22-37(36)42(40)39-32(30-15-6-2-7-16-30)19-12-20-33(39)31-17-8-3-9-18-31;1-10-7-8-12(13-9-10)11-5-3-2-4-6-11;/h1-24,26H,25H2;2-5,7-9H,1H3;/q2*-1;/i;1D3;. The fourth-order valence-electron chi connectivity index (χ4n) is 7.14. The van der Waals surface area contributed by atoms with Gasteiger partial charge in [-0.05, 0) is 53.4 Å². The van der Waals surface area contributed by atoms with Gasteiger partial charge in [0.2, 0.25) is 0 Å². The SMILES string of the molecule is [2H]C([2H])([2H])c1ccc(-c2[c-]cccc2)nc1.[Ir].[c-]1sc2ccc(Cc3ccccc3)cc2c1-c1nc2ccccc2n1-c1c(-c2ccccc2)cccc1-c1ccccc1. The Bertz CT molecular complexity index is 2930. The number of hydrogen-bond donors (Lipinski definition) is 0. The summed E-state index contributed by atoms with van der Waals surface area (Å²) in [6.45, 7) is -2.09. The minimum atomic E-state index is -2.09. The van der Waals surface area contributed by atoms with Crippen molar-refractivity contribution in [3.8, 4) is 50.6 Å². The van der Waals surface area contributed by atoms with Gasteiger partial charge in [-0.15, -0.1) is 47.3 Å². The predicted molar refractivity (Wildman–Crippen MR) is 234 cm³/mol. The zero-order chi connectivity index (χ0) is 40.2. The zero-order valence-electron chi connectivity index (χ0n) is 33.8. The zero-order valence-corrected chi connectivity index (χ0v) is 34.0. The third kappa shape index (κ3) is 8.05. The number of hydrogen-bond acceptors (Lipinski definition) is 3. The van der Waals surface area contributed by atoms with E-state index in [2.05, 4.69) is 173 Å². The summed E-state index contributed by atoms with van der Waals surface area (Å²) >= 11 is 1.66. The third-order valence-electron chi connectivity index (χ3n) is 9.79. The molecular formula is C52H37IrN3S-2. The molecule has 0 amide bonds. The van der Waals surface area contributed by atoms with Gasteiger partial charge in [-0.3, -0.25) is 16.3 Å². The molecule has 3 aromatic heterocycles. The van der Waals surface area contributed by atoms with Gasteiger partial charge < -0.3 is 9.55 Å². The van der Waals surface area contributed by atoms with Crippen molar-refractivity contribution < 1.29 is 24.2 Å². The minimum Gasteiger partial charge on any atom is -0.332 e. The summed E-state index contributed by atoms with van der Waals surface area (Å²) in [5.41, 5.74) is 13.3. The maximum Gasteiger partial charge on any atom is 0.0774 e. The van der Waals surface area contributed by atoms with Crippen LogP contribution >= 0.6 is 11.3 Å². The number of benzene rings is 7. The average Bonchev–Trinajstić information content (AvgIpc) is 3.88. The molecule has 0 saturated carbocycles. The van der Waals surface area contributed by atoms with Crippen molar-refractivity contribution in [1.82, 2.24) is 14.5 Å². The molecule has 10 rings (SSSR count). The molecule has 5 heteroatoms. The van der Waals surface area contributed by atoms with Crippen LogP contribution in [0.4, 0.5) is 0 Å². The summed E-state index contributed by atoms with van der Waals surface area (Å²) in [5, 5.41) is 4.86. The largest absolute Gasteiger partial charge is 0.332 e. The first-order valence-electron chi connectivity index (χ1n) is 20.0. The second-order valence-electron chi connectivity index (χ2n) is 13.5. The summed E-state index contributed by atoms with van der Waals surface area (Å²) in [5.74, 6) is 0.907. The molecule has 0 N–H and O–H groups in total. The summed E-state index contributed by atoms with van der Waals surface area (Å²) in [7, 11) is 0. The first-order valence-corrected chi connectivity index (χ1v) is 19.3. The fourth-order valence-corrected chi connectivity index (χ4v) is 7.96. The van der Waals surface area contributed by atoms with Crippen LogP contribution in [0.2, 0.25) is 0 Å². The molecule has 3 heterocycles. The molecule has 0 fully saturated rings. The number of imidazole rings is 1. The van der Waals surface area contributed by atoms with Crippen molar-refractivity contribution in [1.29, 1.82) is 0 Å². The second kappa shape index (κ2) is 17.3. The van der Waals surface area contributed by atoms with Gasteiger partial charge in [0.05, 0.1) is 22.5 Å². The molecule has 277 valence electrons. The van der Waals surface area contributed by atoms with Gasteiger partial charge in [0.25, 0.3) is 0 Å². The van der Waals surface area contributed by atoms with E-state index in [4.69, 9.17) is 9.10 Å². The molecule has 0 aliphatic carbocycles. The van der Waals surface area contributed by atoms with Crippen molar-refractivity contribution in [2.45, 2.75) is 13.3 Å². The number of aryl methyl sites for hydroxylation is 1. The van der Waals surface area contributed by atoms with E-state index in [-0.39, 0.29) is 25.7 Å². The Balaban J connectivity index is 0.000000248. The van der Waals surface area contributed by atoms with E-state index in [0.29, 0.717) is 0 Å². The number of nitrogens with zero attached hydrogens (tertiary/aromatic N) is 3. The number of fused-ring (bicyclic) bond motifs is 2. The van der Waals surface area contributed by atoms with Crippen molar-refractivity contribution in [2.24, 2.45) is 0 Å². The van der Waals surface area contributed by atoms with E-state index in [1.54, 1.807) is 29.5 Å². The Morgan fingerprint density at radius 1 is 0.649 bits per heavy atom. The van der Waals surface area contributed by atoms with Crippen LogP contribution in [0.15, 0.2) is 194 Å².